The van der Waals surface area contributed by atoms with Crippen LogP contribution >= 0.6 is 27.3 Å². The Bertz CT molecular complexity index is 411. The molecular weight excluding hydrogens is 276 g/mol. The number of thiophene rings is 1. The molecule has 0 spiro atoms. The lowest BCUT2D eigenvalue weighted by Gasteiger charge is -2.09. The van der Waals surface area contributed by atoms with E-state index < -0.39 is 0 Å². The zero-order valence-corrected chi connectivity index (χ0v) is 10.6. The largest absolute Gasteiger partial charge is 0.303 e. The van der Waals surface area contributed by atoms with Gasteiger partial charge in [-0.3, -0.25) is 5.10 Å². The van der Waals surface area contributed by atoms with Gasteiger partial charge in [0.1, 0.15) is 12.2 Å². The molecule has 2 aromatic heterocycles. The van der Waals surface area contributed by atoms with Gasteiger partial charge in [-0.05, 0) is 34.3 Å². The number of hydrogen-bond acceptors (Lipinski definition) is 4. The molecule has 0 saturated heterocycles. The minimum atomic E-state index is 0.182. The van der Waals surface area contributed by atoms with E-state index in [2.05, 4.69) is 54.8 Å². The van der Waals surface area contributed by atoms with Gasteiger partial charge in [0.05, 0.1) is 6.04 Å². The van der Waals surface area contributed by atoms with Gasteiger partial charge < -0.3 is 5.32 Å². The molecule has 0 radical (unpaired) electrons. The Balaban J connectivity index is 1.91. The number of hydrogen-bond donors (Lipinski definition) is 2. The van der Waals surface area contributed by atoms with E-state index in [9.17, 15) is 0 Å². The van der Waals surface area contributed by atoms with Crippen LogP contribution in [-0.2, 0) is 6.54 Å². The molecule has 6 heteroatoms. The first-order valence-corrected chi connectivity index (χ1v) is 6.25. The zero-order valence-electron chi connectivity index (χ0n) is 8.20. The molecule has 1 atom stereocenters. The second-order valence-electron chi connectivity index (χ2n) is 3.17. The fourth-order valence-electron chi connectivity index (χ4n) is 1.22. The molecular formula is C9H11BrN4S. The van der Waals surface area contributed by atoms with Crippen LogP contribution in [0, 0.1) is 0 Å². The molecule has 0 saturated carbocycles. The highest BCUT2D eigenvalue weighted by Crippen LogP contribution is 2.22. The average molecular weight is 287 g/mol. The van der Waals surface area contributed by atoms with Crippen molar-refractivity contribution in [3.8, 4) is 0 Å². The molecule has 2 aromatic rings. The fraction of sp³-hybridized carbons (Fsp3) is 0.333. The first-order valence-electron chi connectivity index (χ1n) is 4.58. The lowest BCUT2D eigenvalue weighted by atomic mass is 10.3. The van der Waals surface area contributed by atoms with Crippen LogP contribution in [0.15, 0.2) is 22.2 Å². The number of aromatic nitrogens is 3. The van der Waals surface area contributed by atoms with Crippen molar-refractivity contribution < 1.29 is 0 Å². The molecule has 0 bridgehead atoms. The summed E-state index contributed by atoms with van der Waals surface area (Å²) in [4.78, 5) is 5.39. The third-order valence-corrected chi connectivity index (χ3v) is 4.03. The number of halogens is 1. The monoisotopic (exact) mass is 286 g/mol. The maximum atomic E-state index is 4.10. The second kappa shape index (κ2) is 4.87. The Kier molecular flexibility index (Phi) is 3.50. The van der Waals surface area contributed by atoms with Gasteiger partial charge in [-0.15, -0.1) is 11.3 Å². The SMILES string of the molecule is CC(NCc1sccc1Br)c1ncn[nH]1. The van der Waals surface area contributed by atoms with Gasteiger partial charge in [-0.2, -0.15) is 5.10 Å². The summed E-state index contributed by atoms with van der Waals surface area (Å²) in [5, 5.41) is 12.1. The lowest BCUT2D eigenvalue weighted by molar-refractivity contribution is 0.551. The predicted molar refractivity (Wildman–Crippen MR) is 63.7 cm³/mol. The molecule has 2 rings (SSSR count). The van der Waals surface area contributed by atoms with Crippen LogP contribution in [0.1, 0.15) is 23.7 Å². The number of aromatic amines is 1. The van der Waals surface area contributed by atoms with Crippen molar-refractivity contribution in [2.75, 3.05) is 0 Å². The highest BCUT2D eigenvalue weighted by atomic mass is 79.9. The summed E-state index contributed by atoms with van der Waals surface area (Å²) in [6.45, 7) is 2.89. The molecule has 2 heterocycles. The highest BCUT2D eigenvalue weighted by Gasteiger charge is 2.08. The third kappa shape index (κ3) is 2.64. The fourth-order valence-corrected chi connectivity index (χ4v) is 2.66. The third-order valence-electron chi connectivity index (χ3n) is 2.10. The topological polar surface area (TPSA) is 53.6 Å². The number of H-pyrrole nitrogens is 1. The van der Waals surface area contributed by atoms with E-state index in [1.807, 2.05) is 0 Å². The Hall–Kier alpha value is -0.720. The molecule has 0 aliphatic rings. The van der Waals surface area contributed by atoms with E-state index in [0.717, 1.165) is 16.8 Å². The van der Waals surface area contributed by atoms with Gasteiger partial charge in [-0.25, -0.2) is 4.98 Å². The van der Waals surface area contributed by atoms with Crippen molar-refractivity contribution in [1.29, 1.82) is 0 Å². The van der Waals surface area contributed by atoms with Crippen molar-refractivity contribution in [3.05, 3.63) is 32.9 Å². The molecule has 1 unspecified atom stereocenters. The smallest absolute Gasteiger partial charge is 0.141 e. The van der Waals surface area contributed by atoms with Crippen LogP contribution in [-0.4, -0.2) is 15.2 Å². The Morgan fingerprint density at radius 1 is 1.67 bits per heavy atom. The summed E-state index contributed by atoms with van der Waals surface area (Å²) in [6.07, 6.45) is 1.52. The summed E-state index contributed by atoms with van der Waals surface area (Å²) in [7, 11) is 0. The minimum absolute atomic E-state index is 0.182. The van der Waals surface area contributed by atoms with Crippen LogP contribution in [0.25, 0.3) is 0 Å². The van der Waals surface area contributed by atoms with Crippen LogP contribution in [0.2, 0.25) is 0 Å². The van der Waals surface area contributed by atoms with E-state index in [1.165, 1.54) is 11.2 Å². The van der Waals surface area contributed by atoms with Crippen LogP contribution in [0.4, 0.5) is 0 Å². The van der Waals surface area contributed by atoms with Crippen LogP contribution < -0.4 is 5.32 Å². The second-order valence-corrected chi connectivity index (χ2v) is 5.02. The van der Waals surface area contributed by atoms with E-state index in [0.29, 0.717) is 0 Å². The van der Waals surface area contributed by atoms with Crippen molar-refractivity contribution in [1.82, 2.24) is 20.5 Å². The Morgan fingerprint density at radius 3 is 3.13 bits per heavy atom. The molecule has 2 N–H and O–H groups in total. The summed E-state index contributed by atoms with van der Waals surface area (Å²) in [5.41, 5.74) is 0. The standard InChI is InChI=1S/C9H11BrN4S/c1-6(9-12-5-13-14-9)11-4-8-7(10)2-3-15-8/h2-3,5-6,11H,4H2,1H3,(H,12,13,14). The predicted octanol–water partition coefficient (Wildman–Crippen LogP) is 2.48. The van der Waals surface area contributed by atoms with E-state index in [4.69, 9.17) is 0 Å². The number of nitrogens with one attached hydrogen (secondary N) is 2. The molecule has 0 fully saturated rings. The average Bonchev–Trinajstić information content (AvgIpc) is 2.85. The molecule has 80 valence electrons. The van der Waals surface area contributed by atoms with E-state index in [1.54, 1.807) is 11.3 Å². The summed E-state index contributed by atoms with van der Waals surface area (Å²) < 4.78 is 1.16. The zero-order chi connectivity index (χ0) is 10.7. The van der Waals surface area contributed by atoms with Crippen LogP contribution in [0.3, 0.4) is 0 Å². The van der Waals surface area contributed by atoms with Gasteiger partial charge in [0.25, 0.3) is 0 Å². The normalized spacial score (nSPS) is 12.9. The molecule has 15 heavy (non-hydrogen) atoms. The molecule has 0 aliphatic carbocycles. The van der Waals surface area contributed by atoms with E-state index >= 15 is 0 Å². The molecule has 0 aromatic carbocycles. The Morgan fingerprint density at radius 2 is 2.53 bits per heavy atom. The van der Waals surface area contributed by atoms with Crippen molar-refractivity contribution in [3.63, 3.8) is 0 Å². The lowest BCUT2D eigenvalue weighted by Crippen LogP contribution is -2.18. The molecule has 0 aliphatic heterocycles. The van der Waals surface area contributed by atoms with Gasteiger partial charge in [0.2, 0.25) is 0 Å². The van der Waals surface area contributed by atoms with Gasteiger partial charge in [-0.1, -0.05) is 0 Å². The number of rotatable bonds is 4. The van der Waals surface area contributed by atoms with Crippen LogP contribution in [0.5, 0.6) is 0 Å². The Labute approximate surface area is 100 Å². The first-order chi connectivity index (χ1) is 7.27. The minimum Gasteiger partial charge on any atom is -0.303 e. The summed E-state index contributed by atoms with van der Waals surface area (Å²) >= 11 is 5.23. The molecule has 0 amide bonds. The highest BCUT2D eigenvalue weighted by molar-refractivity contribution is 9.10. The quantitative estimate of drug-likeness (QED) is 0.908. The summed E-state index contributed by atoms with van der Waals surface area (Å²) in [5.74, 6) is 0.864. The van der Waals surface area contributed by atoms with Gasteiger partial charge in [0, 0.05) is 15.9 Å². The molecule has 4 nitrogen and oxygen atoms in total. The summed E-state index contributed by atoms with van der Waals surface area (Å²) in [6, 6.07) is 2.24. The van der Waals surface area contributed by atoms with Gasteiger partial charge >= 0.3 is 0 Å². The maximum absolute atomic E-state index is 4.10. The van der Waals surface area contributed by atoms with Crippen molar-refractivity contribution in [2.45, 2.75) is 19.5 Å². The maximum Gasteiger partial charge on any atom is 0.141 e. The first kappa shape index (κ1) is 10.8. The number of nitrogens with zero attached hydrogens (tertiary/aromatic N) is 2. The van der Waals surface area contributed by atoms with Gasteiger partial charge in [0.15, 0.2) is 0 Å². The van der Waals surface area contributed by atoms with E-state index in [-0.39, 0.29) is 6.04 Å². The van der Waals surface area contributed by atoms with Crippen molar-refractivity contribution in [2.24, 2.45) is 0 Å². The van der Waals surface area contributed by atoms with Crippen molar-refractivity contribution >= 4 is 27.3 Å².